The van der Waals surface area contributed by atoms with Gasteiger partial charge in [0.25, 0.3) is 10.1 Å². The third-order valence-corrected chi connectivity index (χ3v) is 5.96. The van der Waals surface area contributed by atoms with Crippen molar-refractivity contribution >= 4 is 22.1 Å². The van der Waals surface area contributed by atoms with E-state index in [0.29, 0.717) is 13.1 Å². The molecule has 0 aromatic rings. The van der Waals surface area contributed by atoms with Crippen LogP contribution in [-0.4, -0.2) is 197 Å². The number of hydrogen-bond donors (Lipinski definition) is 10. The predicted octanol–water partition coefficient (Wildman–Crippen LogP) is -5.78. The number of rotatable bonds is 17. The molecule has 0 saturated carbocycles. The third-order valence-electron chi connectivity index (χ3n) is 5.26. The molecule has 18 heteroatoms. The van der Waals surface area contributed by atoms with Crippen LogP contribution in [0.5, 0.6) is 0 Å². The van der Waals surface area contributed by atoms with Gasteiger partial charge in [0.15, 0.2) is 0 Å². The van der Waals surface area contributed by atoms with Gasteiger partial charge in [0.1, 0.15) is 0 Å². The van der Waals surface area contributed by atoms with E-state index in [2.05, 4.69) is 10.2 Å². The van der Waals surface area contributed by atoms with Crippen LogP contribution in [0, 0.1) is 0 Å². The number of nitrogens with one attached hydrogen (secondary N) is 1. The van der Waals surface area contributed by atoms with Gasteiger partial charge >= 0.3 is 11.9 Å². The Morgan fingerprint density at radius 1 is 0.763 bits per heavy atom. The van der Waals surface area contributed by atoms with Crippen molar-refractivity contribution < 1.29 is 63.4 Å². The quantitative estimate of drug-likeness (QED) is 0.0717. The Balaban J connectivity index is 0. The first kappa shape index (κ1) is 38.6. The van der Waals surface area contributed by atoms with Crippen LogP contribution in [0.1, 0.15) is 0 Å². The molecule has 0 aromatic heterocycles. The molecular formula is C20H44N4O13S. The van der Waals surface area contributed by atoms with Crippen molar-refractivity contribution in [3.63, 3.8) is 0 Å². The number of hydrogen-bond acceptors (Lipinski definition) is 14. The first-order valence-electron chi connectivity index (χ1n) is 11.8. The summed E-state index contributed by atoms with van der Waals surface area (Å²) in [5.41, 5.74) is -1.31. The van der Waals surface area contributed by atoms with Crippen molar-refractivity contribution in [3.8, 4) is 0 Å². The van der Waals surface area contributed by atoms with E-state index in [9.17, 15) is 18.0 Å². The first-order chi connectivity index (χ1) is 17.8. The Kier molecular flexibility index (Phi) is 22.6. The second-order valence-electron chi connectivity index (χ2n) is 8.31. The summed E-state index contributed by atoms with van der Waals surface area (Å²) in [4.78, 5) is 25.8. The lowest BCUT2D eigenvalue weighted by Crippen LogP contribution is -2.56. The second-order valence-corrected chi connectivity index (χ2v) is 9.88. The maximum atomic E-state index is 10.5. The minimum atomic E-state index is -3.84. The van der Waals surface area contributed by atoms with Gasteiger partial charge in [0.05, 0.1) is 64.0 Å². The van der Waals surface area contributed by atoms with Crippen molar-refractivity contribution in [1.29, 1.82) is 0 Å². The summed E-state index contributed by atoms with van der Waals surface area (Å²) in [6, 6.07) is 0. The van der Waals surface area contributed by atoms with Gasteiger partial charge in [-0.15, -0.1) is 0 Å². The van der Waals surface area contributed by atoms with Gasteiger partial charge in [-0.05, 0) is 0 Å². The summed E-state index contributed by atoms with van der Waals surface area (Å²) in [7, 11) is -3.84. The lowest BCUT2D eigenvalue weighted by Gasteiger charge is -2.33. The number of piperazine rings is 1. The SMILES string of the molecule is O=C(O)CN(CCO)CCO.O=C(O)CNC(CO)(CO)CO.O=S(=O)(O)CCN1CCN(CCO)CC1. The number of carboxylic acid groups (broad SMARTS) is 2. The van der Waals surface area contributed by atoms with Crippen molar-refractivity contribution in [3.05, 3.63) is 0 Å². The molecule has 0 radical (unpaired) electrons. The fourth-order valence-corrected chi connectivity index (χ4v) is 3.44. The van der Waals surface area contributed by atoms with Crippen LogP contribution in [0.3, 0.4) is 0 Å². The zero-order chi connectivity index (χ0) is 29.6. The van der Waals surface area contributed by atoms with E-state index in [-0.39, 0.29) is 45.2 Å². The monoisotopic (exact) mass is 580 g/mol. The lowest BCUT2D eigenvalue weighted by molar-refractivity contribution is -0.139. The molecule has 0 amide bonds. The van der Waals surface area contributed by atoms with E-state index in [1.165, 1.54) is 4.90 Å². The molecule has 38 heavy (non-hydrogen) atoms. The van der Waals surface area contributed by atoms with Crippen LogP contribution in [0.25, 0.3) is 0 Å². The summed E-state index contributed by atoms with van der Waals surface area (Å²) in [5.74, 6) is -2.27. The van der Waals surface area contributed by atoms with Crippen LogP contribution >= 0.6 is 0 Å². The Morgan fingerprint density at radius 2 is 1.21 bits per heavy atom. The number of nitrogens with zero attached hydrogens (tertiary/aromatic N) is 3. The summed E-state index contributed by atoms with van der Waals surface area (Å²) in [5, 5.41) is 70.7. The molecule has 228 valence electrons. The molecule has 1 rings (SSSR count). The Bertz CT molecular complexity index is 703. The van der Waals surface area contributed by atoms with Gasteiger partial charge in [-0.25, -0.2) is 0 Å². The number of aliphatic carboxylic acids is 2. The molecule has 0 spiro atoms. The zero-order valence-electron chi connectivity index (χ0n) is 21.4. The van der Waals surface area contributed by atoms with E-state index in [1.807, 2.05) is 4.90 Å². The van der Waals surface area contributed by atoms with Gasteiger partial charge in [0.2, 0.25) is 0 Å². The number of aliphatic hydroxyl groups is 6. The van der Waals surface area contributed by atoms with Crippen molar-refractivity contribution in [2.45, 2.75) is 5.54 Å². The summed E-state index contributed by atoms with van der Waals surface area (Å²) in [6.07, 6.45) is 0. The molecule has 0 atom stereocenters. The van der Waals surface area contributed by atoms with E-state index < -0.39 is 54.0 Å². The van der Waals surface area contributed by atoms with Gasteiger partial charge in [-0.2, -0.15) is 8.42 Å². The molecule has 0 unspecified atom stereocenters. The number of carbonyl (C=O) groups is 2. The third kappa shape index (κ3) is 21.4. The van der Waals surface area contributed by atoms with Gasteiger partial charge < -0.3 is 40.9 Å². The minimum Gasteiger partial charge on any atom is -0.480 e. The molecule has 1 aliphatic rings. The standard InChI is InChI=1S/C8H18N2O4S.C6H13NO5.C6H13NO4/c11-7-5-9-1-3-10(4-2-9)6-8-15(12,13)14;8-2-6(3-9,4-10)7-1-5(11)12;8-3-1-7(2-4-9)5-6(10)11/h11H,1-8H2,(H,12,13,14);7-10H,1-4H2,(H,11,12);8-9H,1-5H2,(H,10,11). The molecule has 1 fully saturated rings. The summed E-state index contributed by atoms with van der Waals surface area (Å²) in [6.45, 7) is 2.74. The molecule has 10 N–H and O–H groups in total. The predicted molar refractivity (Wildman–Crippen MR) is 134 cm³/mol. The van der Waals surface area contributed by atoms with E-state index >= 15 is 0 Å². The van der Waals surface area contributed by atoms with Gasteiger partial charge in [-0.3, -0.25) is 34.2 Å². The maximum absolute atomic E-state index is 10.5. The number of aliphatic hydroxyl groups excluding tert-OH is 6. The van der Waals surface area contributed by atoms with Crippen molar-refractivity contribution in [2.75, 3.05) is 111 Å². The lowest BCUT2D eigenvalue weighted by atomic mass is 10.0. The highest BCUT2D eigenvalue weighted by Gasteiger charge is 2.27. The fourth-order valence-electron chi connectivity index (χ4n) is 2.95. The molecule has 1 aliphatic heterocycles. The number of β-amino-alcohol motifs (C(OH)–C–C–N with tert-alkyl or cyclic N) is 1. The molecular weight excluding hydrogens is 536 g/mol. The fraction of sp³-hybridized carbons (Fsp3) is 0.900. The average molecular weight is 581 g/mol. The van der Waals surface area contributed by atoms with Crippen LogP contribution in [-0.2, 0) is 19.7 Å². The first-order valence-corrected chi connectivity index (χ1v) is 13.4. The molecule has 1 saturated heterocycles. The van der Waals surface area contributed by atoms with E-state index in [1.54, 1.807) is 0 Å². The highest BCUT2D eigenvalue weighted by molar-refractivity contribution is 7.85. The highest BCUT2D eigenvalue weighted by atomic mass is 32.2. The van der Waals surface area contributed by atoms with Crippen molar-refractivity contribution in [1.82, 2.24) is 20.0 Å². The van der Waals surface area contributed by atoms with Crippen molar-refractivity contribution in [2.24, 2.45) is 0 Å². The van der Waals surface area contributed by atoms with E-state index in [0.717, 1.165) is 26.2 Å². The molecule has 1 heterocycles. The summed E-state index contributed by atoms with van der Waals surface area (Å²) >= 11 is 0. The molecule has 17 nitrogen and oxygen atoms in total. The second kappa shape index (κ2) is 22.3. The average Bonchev–Trinajstić information content (AvgIpc) is 2.85. The maximum Gasteiger partial charge on any atom is 0.317 e. The Labute approximate surface area is 222 Å². The summed E-state index contributed by atoms with van der Waals surface area (Å²) < 4.78 is 29.6. The smallest absolute Gasteiger partial charge is 0.317 e. The largest absolute Gasteiger partial charge is 0.480 e. The van der Waals surface area contributed by atoms with Crippen LogP contribution in [0.4, 0.5) is 0 Å². The van der Waals surface area contributed by atoms with Crippen LogP contribution in [0.2, 0.25) is 0 Å². The Morgan fingerprint density at radius 3 is 1.53 bits per heavy atom. The van der Waals surface area contributed by atoms with E-state index in [4.69, 9.17) is 45.4 Å². The number of carboxylic acids is 2. The minimum absolute atomic E-state index is 0.0900. The van der Waals surface area contributed by atoms with Gasteiger partial charge in [0, 0.05) is 52.4 Å². The topological polar surface area (TPSA) is 272 Å². The molecule has 0 bridgehead atoms. The Hall–Kier alpha value is -1.55. The van der Waals surface area contributed by atoms with Crippen LogP contribution < -0.4 is 5.32 Å². The highest BCUT2D eigenvalue weighted by Crippen LogP contribution is 2.01. The molecule has 0 aliphatic carbocycles. The zero-order valence-corrected chi connectivity index (χ0v) is 22.2. The van der Waals surface area contributed by atoms with Crippen LogP contribution in [0.15, 0.2) is 0 Å². The normalized spacial score (nSPS) is 14.8. The van der Waals surface area contributed by atoms with Gasteiger partial charge in [-0.1, -0.05) is 0 Å². The molecule has 0 aromatic carbocycles.